The lowest BCUT2D eigenvalue weighted by atomic mass is 10.2. The molecule has 0 saturated heterocycles. The molecule has 4 nitrogen and oxygen atoms in total. The zero-order valence-corrected chi connectivity index (χ0v) is 13.5. The van der Waals surface area contributed by atoms with Gasteiger partial charge in [-0.15, -0.1) is 6.42 Å². The van der Waals surface area contributed by atoms with Gasteiger partial charge in [-0.1, -0.05) is 5.92 Å². The zero-order chi connectivity index (χ0) is 14.8. The summed E-state index contributed by atoms with van der Waals surface area (Å²) < 4.78 is 17.0. The van der Waals surface area contributed by atoms with Gasteiger partial charge in [-0.3, -0.25) is 0 Å². The van der Waals surface area contributed by atoms with Crippen molar-refractivity contribution in [2.45, 2.75) is 13.5 Å². The standard InChI is InChI=1S/C15H20BrNO3/c1-4-7-20-15-13(16)9-12(10-14(15)19-5-2)11-17-6-8-18-3/h1,9-10,17H,5-8,11H2,2-3H3. The maximum absolute atomic E-state index is 5.61. The molecule has 0 atom stereocenters. The van der Waals surface area contributed by atoms with Crippen LogP contribution in [-0.4, -0.2) is 33.5 Å². The molecule has 0 bridgehead atoms. The lowest BCUT2D eigenvalue weighted by Gasteiger charge is -2.14. The summed E-state index contributed by atoms with van der Waals surface area (Å²) in [6.45, 7) is 4.93. The molecule has 1 aromatic carbocycles. The number of rotatable bonds is 9. The van der Waals surface area contributed by atoms with Crippen LogP contribution in [0.1, 0.15) is 12.5 Å². The molecular weight excluding hydrogens is 322 g/mol. The van der Waals surface area contributed by atoms with Gasteiger partial charge in [0.1, 0.15) is 6.61 Å². The summed E-state index contributed by atoms with van der Waals surface area (Å²) in [7, 11) is 1.68. The van der Waals surface area contributed by atoms with Crippen molar-refractivity contribution in [1.82, 2.24) is 5.32 Å². The maximum atomic E-state index is 5.61. The van der Waals surface area contributed by atoms with Gasteiger partial charge in [0.2, 0.25) is 0 Å². The van der Waals surface area contributed by atoms with Crippen molar-refractivity contribution in [2.75, 3.05) is 33.5 Å². The van der Waals surface area contributed by atoms with E-state index in [0.29, 0.717) is 24.7 Å². The molecule has 0 radical (unpaired) electrons. The Kier molecular flexibility index (Phi) is 8.12. The SMILES string of the molecule is C#CCOc1c(Br)cc(CNCCOC)cc1OCC. The third-order valence-corrected chi connectivity index (χ3v) is 3.07. The van der Waals surface area contributed by atoms with Crippen molar-refractivity contribution in [3.63, 3.8) is 0 Å². The Hall–Kier alpha value is -1.22. The number of nitrogens with one attached hydrogen (secondary N) is 1. The first-order chi connectivity index (χ1) is 9.72. The van der Waals surface area contributed by atoms with Crippen LogP contribution in [0, 0.1) is 12.3 Å². The number of hydrogen-bond acceptors (Lipinski definition) is 4. The van der Waals surface area contributed by atoms with E-state index in [1.54, 1.807) is 7.11 Å². The van der Waals surface area contributed by atoms with Crippen LogP contribution in [0.3, 0.4) is 0 Å². The molecule has 5 heteroatoms. The summed E-state index contributed by atoms with van der Waals surface area (Å²) in [6.07, 6.45) is 5.22. The number of ether oxygens (including phenoxy) is 3. The molecule has 0 aliphatic rings. The van der Waals surface area contributed by atoms with Gasteiger partial charge < -0.3 is 19.5 Å². The van der Waals surface area contributed by atoms with E-state index in [9.17, 15) is 0 Å². The quantitative estimate of drug-likeness (QED) is 0.553. The Morgan fingerprint density at radius 3 is 2.80 bits per heavy atom. The smallest absolute Gasteiger partial charge is 0.176 e. The highest BCUT2D eigenvalue weighted by Gasteiger charge is 2.11. The highest BCUT2D eigenvalue weighted by atomic mass is 79.9. The van der Waals surface area contributed by atoms with E-state index in [0.717, 1.165) is 23.1 Å². The van der Waals surface area contributed by atoms with Crippen LogP contribution in [0.2, 0.25) is 0 Å². The fraction of sp³-hybridized carbons (Fsp3) is 0.467. The predicted molar refractivity (Wildman–Crippen MR) is 83.2 cm³/mol. The van der Waals surface area contributed by atoms with E-state index in [2.05, 4.69) is 27.2 Å². The molecule has 1 aromatic rings. The van der Waals surface area contributed by atoms with E-state index in [1.165, 1.54) is 0 Å². The summed E-state index contributed by atoms with van der Waals surface area (Å²) in [4.78, 5) is 0. The second-order valence-electron chi connectivity index (χ2n) is 4.00. The summed E-state index contributed by atoms with van der Waals surface area (Å²) in [5.41, 5.74) is 1.10. The molecule has 0 heterocycles. The van der Waals surface area contributed by atoms with Gasteiger partial charge in [-0.2, -0.15) is 0 Å². The van der Waals surface area contributed by atoms with Gasteiger partial charge in [0.05, 0.1) is 17.7 Å². The van der Waals surface area contributed by atoms with Crippen molar-refractivity contribution >= 4 is 15.9 Å². The Labute approximate surface area is 128 Å². The largest absolute Gasteiger partial charge is 0.490 e. The molecule has 0 spiro atoms. The first-order valence-electron chi connectivity index (χ1n) is 6.44. The van der Waals surface area contributed by atoms with Crippen molar-refractivity contribution in [2.24, 2.45) is 0 Å². The molecule has 0 saturated carbocycles. The van der Waals surface area contributed by atoms with Crippen LogP contribution in [0.25, 0.3) is 0 Å². The number of hydrogen-bond donors (Lipinski definition) is 1. The van der Waals surface area contributed by atoms with Crippen molar-refractivity contribution in [1.29, 1.82) is 0 Å². The number of benzene rings is 1. The highest BCUT2D eigenvalue weighted by molar-refractivity contribution is 9.10. The molecule has 0 unspecified atom stereocenters. The topological polar surface area (TPSA) is 39.7 Å². The van der Waals surface area contributed by atoms with E-state index >= 15 is 0 Å². The number of halogens is 1. The molecule has 20 heavy (non-hydrogen) atoms. The van der Waals surface area contributed by atoms with Crippen LogP contribution >= 0.6 is 15.9 Å². The predicted octanol–water partition coefficient (Wildman–Crippen LogP) is 2.60. The van der Waals surface area contributed by atoms with Gasteiger partial charge in [0, 0.05) is 20.2 Å². The van der Waals surface area contributed by atoms with Gasteiger partial charge >= 0.3 is 0 Å². The van der Waals surface area contributed by atoms with Crippen molar-refractivity contribution in [3.05, 3.63) is 22.2 Å². The second-order valence-corrected chi connectivity index (χ2v) is 4.85. The van der Waals surface area contributed by atoms with Crippen LogP contribution in [-0.2, 0) is 11.3 Å². The second kappa shape index (κ2) is 9.65. The molecule has 0 aliphatic carbocycles. The van der Waals surface area contributed by atoms with E-state index in [1.807, 2.05) is 19.1 Å². The first kappa shape index (κ1) is 16.8. The van der Waals surface area contributed by atoms with Crippen molar-refractivity contribution < 1.29 is 14.2 Å². The molecule has 0 aliphatic heterocycles. The minimum atomic E-state index is 0.212. The molecule has 1 rings (SSSR count). The lowest BCUT2D eigenvalue weighted by molar-refractivity contribution is 0.199. The zero-order valence-electron chi connectivity index (χ0n) is 11.9. The Morgan fingerprint density at radius 1 is 1.35 bits per heavy atom. The Morgan fingerprint density at radius 2 is 2.15 bits per heavy atom. The normalized spacial score (nSPS) is 10.1. The molecular formula is C15H20BrNO3. The first-order valence-corrected chi connectivity index (χ1v) is 7.23. The van der Waals surface area contributed by atoms with E-state index in [4.69, 9.17) is 20.6 Å². The fourth-order valence-corrected chi connectivity index (χ4v) is 2.25. The number of methoxy groups -OCH3 is 1. The van der Waals surface area contributed by atoms with Gasteiger partial charge in [0.15, 0.2) is 11.5 Å². The van der Waals surface area contributed by atoms with Crippen LogP contribution in [0.5, 0.6) is 11.5 Å². The minimum absolute atomic E-state index is 0.212. The minimum Gasteiger partial charge on any atom is -0.490 e. The fourth-order valence-electron chi connectivity index (χ4n) is 1.65. The summed E-state index contributed by atoms with van der Waals surface area (Å²) in [5, 5.41) is 3.29. The van der Waals surface area contributed by atoms with E-state index < -0.39 is 0 Å². The third kappa shape index (κ3) is 5.41. The lowest BCUT2D eigenvalue weighted by Crippen LogP contribution is -2.18. The average Bonchev–Trinajstić information content (AvgIpc) is 2.43. The Balaban J connectivity index is 2.80. The monoisotopic (exact) mass is 341 g/mol. The average molecular weight is 342 g/mol. The maximum Gasteiger partial charge on any atom is 0.176 e. The van der Waals surface area contributed by atoms with Gasteiger partial charge in [-0.25, -0.2) is 0 Å². The van der Waals surface area contributed by atoms with Crippen LogP contribution < -0.4 is 14.8 Å². The third-order valence-electron chi connectivity index (χ3n) is 2.48. The van der Waals surface area contributed by atoms with Gasteiger partial charge in [0.25, 0.3) is 0 Å². The molecule has 110 valence electrons. The molecule has 0 fully saturated rings. The summed E-state index contributed by atoms with van der Waals surface area (Å²) in [5.74, 6) is 3.79. The van der Waals surface area contributed by atoms with Crippen LogP contribution in [0.4, 0.5) is 0 Å². The van der Waals surface area contributed by atoms with Crippen LogP contribution in [0.15, 0.2) is 16.6 Å². The summed E-state index contributed by atoms with van der Waals surface area (Å²) in [6, 6.07) is 3.95. The molecule has 0 aromatic heterocycles. The number of terminal acetylenes is 1. The summed E-state index contributed by atoms with van der Waals surface area (Å²) >= 11 is 3.49. The Bertz CT molecular complexity index is 457. The van der Waals surface area contributed by atoms with Gasteiger partial charge in [-0.05, 0) is 40.5 Å². The highest BCUT2D eigenvalue weighted by Crippen LogP contribution is 2.36. The molecule has 0 amide bonds. The van der Waals surface area contributed by atoms with E-state index in [-0.39, 0.29) is 6.61 Å². The van der Waals surface area contributed by atoms with Crippen molar-refractivity contribution in [3.8, 4) is 23.8 Å². The molecule has 1 N–H and O–H groups in total.